The fraction of sp³-hybridized carbons (Fsp3) is 0.357. The number of rotatable bonds is 2. The van der Waals surface area contributed by atoms with Gasteiger partial charge in [0.05, 0.1) is 5.69 Å². The molecule has 1 aromatic rings. The van der Waals surface area contributed by atoms with Gasteiger partial charge in [0.2, 0.25) is 0 Å². The Bertz CT molecular complexity index is 505. The van der Waals surface area contributed by atoms with E-state index in [9.17, 15) is 0 Å². The highest BCUT2D eigenvalue weighted by molar-refractivity contribution is 8.14. The third-order valence-electron chi connectivity index (χ3n) is 2.60. The zero-order chi connectivity index (χ0) is 13.1. The van der Waals surface area contributed by atoms with Crippen LogP contribution in [0.2, 0.25) is 5.02 Å². The number of hydrogen-bond donors (Lipinski definition) is 0. The molecule has 0 radical (unpaired) electrons. The van der Waals surface area contributed by atoms with Gasteiger partial charge in [0.25, 0.3) is 0 Å². The van der Waals surface area contributed by atoms with Crippen LogP contribution in [-0.4, -0.2) is 22.4 Å². The van der Waals surface area contributed by atoms with Crippen LogP contribution in [0.5, 0.6) is 0 Å². The van der Waals surface area contributed by atoms with Crippen LogP contribution in [0.25, 0.3) is 0 Å². The van der Waals surface area contributed by atoms with Gasteiger partial charge < -0.3 is 4.90 Å². The van der Waals surface area contributed by atoms with Gasteiger partial charge in [-0.25, -0.2) is 4.99 Å². The normalized spacial score (nSPS) is 17.3. The minimum Gasteiger partial charge on any atom is -0.327 e. The third-order valence-corrected chi connectivity index (χ3v) is 3.80. The summed E-state index contributed by atoms with van der Waals surface area (Å²) in [5.41, 5.74) is 3.40. The van der Waals surface area contributed by atoms with Gasteiger partial charge in [-0.3, -0.25) is 0 Å². The maximum absolute atomic E-state index is 5.96. The summed E-state index contributed by atoms with van der Waals surface area (Å²) in [5.74, 6) is 1.09. The highest BCUT2D eigenvalue weighted by Crippen LogP contribution is 2.27. The van der Waals surface area contributed by atoms with Crippen molar-refractivity contribution in [2.24, 2.45) is 4.99 Å². The van der Waals surface area contributed by atoms with Gasteiger partial charge in [-0.1, -0.05) is 28.9 Å². The predicted octanol–water partition coefficient (Wildman–Crippen LogP) is 4.61. The van der Waals surface area contributed by atoms with Gasteiger partial charge in [0.1, 0.15) is 0 Å². The molecule has 0 aromatic heterocycles. The zero-order valence-corrected chi connectivity index (χ0v) is 12.5. The lowest BCUT2D eigenvalue weighted by molar-refractivity contribution is 0.614. The Balaban J connectivity index is 2.29. The molecule has 0 aliphatic carbocycles. The van der Waals surface area contributed by atoms with Crippen LogP contribution in [-0.2, 0) is 0 Å². The molecule has 2 nitrogen and oxygen atoms in total. The fourth-order valence-electron chi connectivity index (χ4n) is 1.79. The van der Waals surface area contributed by atoms with Gasteiger partial charge in [0.15, 0.2) is 5.17 Å². The number of amidine groups is 1. The summed E-state index contributed by atoms with van der Waals surface area (Å²) in [4.78, 5) is 6.95. The van der Waals surface area contributed by atoms with E-state index in [-0.39, 0.29) is 0 Å². The van der Waals surface area contributed by atoms with E-state index in [0.717, 1.165) is 33.7 Å². The standard InChI is InChI=1S/C14H17ClN2S/c1-10(2)9-17-6-7-18-14(17)16-13-5-4-12(15)8-11(13)3/h4-5,8-9H,6-7H2,1-3H3. The average Bonchev–Trinajstić information content (AvgIpc) is 2.69. The van der Waals surface area contributed by atoms with Crippen molar-refractivity contribution >= 4 is 34.2 Å². The van der Waals surface area contributed by atoms with E-state index in [2.05, 4.69) is 24.9 Å². The molecule has 1 aliphatic heterocycles. The molecule has 4 heteroatoms. The van der Waals surface area contributed by atoms with Crippen molar-refractivity contribution in [1.82, 2.24) is 4.90 Å². The van der Waals surface area contributed by atoms with Crippen LogP contribution in [0, 0.1) is 6.92 Å². The lowest BCUT2D eigenvalue weighted by Crippen LogP contribution is -2.17. The number of hydrogen-bond acceptors (Lipinski definition) is 2. The Kier molecular flexibility index (Phi) is 4.36. The molecule has 0 atom stereocenters. The first-order valence-corrected chi connectivity index (χ1v) is 7.32. The second kappa shape index (κ2) is 5.81. The Labute approximate surface area is 118 Å². The first-order valence-electron chi connectivity index (χ1n) is 5.95. The summed E-state index contributed by atoms with van der Waals surface area (Å²) in [6.45, 7) is 7.28. The Morgan fingerprint density at radius 3 is 2.89 bits per heavy atom. The first-order chi connectivity index (χ1) is 8.56. The quantitative estimate of drug-likeness (QED) is 0.786. The van der Waals surface area contributed by atoms with Crippen molar-refractivity contribution in [3.63, 3.8) is 0 Å². The number of aryl methyl sites for hydroxylation is 1. The molecule has 0 bridgehead atoms. The van der Waals surface area contributed by atoms with Gasteiger partial charge >= 0.3 is 0 Å². The summed E-state index contributed by atoms with van der Waals surface area (Å²) >= 11 is 7.76. The first kappa shape index (κ1) is 13.5. The molecular formula is C14H17ClN2S. The lowest BCUT2D eigenvalue weighted by Gasteiger charge is -2.13. The molecule has 1 saturated heterocycles. The SMILES string of the molecule is CC(C)=CN1CCSC1=Nc1ccc(Cl)cc1C. The van der Waals surface area contributed by atoms with E-state index in [1.54, 1.807) is 11.8 Å². The molecule has 1 fully saturated rings. The molecular weight excluding hydrogens is 264 g/mol. The fourth-order valence-corrected chi connectivity index (χ4v) is 2.96. The highest BCUT2D eigenvalue weighted by atomic mass is 35.5. The molecule has 96 valence electrons. The second-order valence-corrected chi connectivity index (χ2v) is 6.07. The van der Waals surface area contributed by atoms with Crippen molar-refractivity contribution in [2.75, 3.05) is 12.3 Å². The summed E-state index contributed by atoms with van der Waals surface area (Å²) < 4.78 is 0. The zero-order valence-electron chi connectivity index (χ0n) is 10.9. The van der Waals surface area contributed by atoms with E-state index < -0.39 is 0 Å². The third kappa shape index (κ3) is 3.30. The summed E-state index contributed by atoms with van der Waals surface area (Å²) in [5, 5.41) is 1.83. The molecule has 1 aliphatic rings. The van der Waals surface area contributed by atoms with Crippen molar-refractivity contribution in [2.45, 2.75) is 20.8 Å². The van der Waals surface area contributed by atoms with Gasteiger partial charge in [-0.2, -0.15) is 0 Å². The number of halogens is 1. The van der Waals surface area contributed by atoms with E-state index in [4.69, 9.17) is 16.6 Å². The number of aliphatic imine (C=N–C) groups is 1. The second-order valence-electron chi connectivity index (χ2n) is 4.57. The minimum absolute atomic E-state index is 0.761. The van der Waals surface area contributed by atoms with Crippen molar-refractivity contribution in [3.8, 4) is 0 Å². The summed E-state index contributed by atoms with van der Waals surface area (Å²) in [6.07, 6.45) is 2.16. The average molecular weight is 281 g/mol. The minimum atomic E-state index is 0.761. The highest BCUT2D eigenvalue weighted by Gasteiger charge is 2.17. The van der Waals surface area contributed by atoms with Crippen molar-refractivity contribution in [3.05, 3.63) is 40.6 Å². The Morgan fingerprint density at radius 2 is 2.22 bits per heavy atom. The smallest absolute Gasteiger partial charge is 0.168 e. The van der Waals surface area contributed by atoms with Crippen LogP contribution in [0.4, 0.5) is 5.69 Å². The molecule has 0 N–H and O–H groups in total. The maximum atomic E-state index is 5.96. The number of thioether (sulfide) groups is 1. The van der Waals surface area contributed by atoms with Crippen LogP contribution in [0.15, 0.2) is 35.0 Å². The maximum Gasteiger partial charge on any atom is 0.168 e. The predicted molar refractivity (Wildman–Crippen MR) is 81.9 cm³/mol. The van der Waals surface area contributed by atoms with E-state index >= 15 is 0 Å². The van der Waals surface area contributed by atoms with Gasteiger partial charge in [-0.05, 0) is 44.5 Å². The van der Waals surface area contributed by atoms with E-state index in [1.165, 1.54) is 5.57 Å². The Morgan fingerprint density at radius 1 is 1.44 bits per heavy atom. The summed E-state index contributed by atoms with van der Waals surface area (Å²) in [7, 11) is 0. The van der Waals surface area contributed by atoms with E-state index in [1.807, 2.05) is 25.1 Å². The topological polar surface area (TPSA) is 15.6 Å². The lowest BCUT2D eigenvalue weighted by atomic mass is 10.2. The summed E-state index contributed by atoms with van der Waals surface area (Å²) in [6, 6.07) is 5.81. The largest absolute Gasteiger partial charge is 0.327 e. The van der Waals surface area contributed by atoms with Crippen molar-refractivity contribution < 1.29 is 0 Å². The van der Waals surface area contributed by atoms with E-state index in [0.29, 0.717) is 0 Å². The van der Waals surface area contributed by atoms with Gasteiger partial charge in [0, 0.05) is 23.5 Å². The van der Waals surface area contributed by atoms with Crippen LogP contribution in [0.1, 0.15) is 19.4 Å². The van der Waals surface area contributed by atoms with Crippen LogP contribution in [0.3, 0.4) is 0 Å². The van der Waals surface area contributed by atoms with Crippen LogP contribution >= 0.6 is 23.4 Å². The molecule has 1 aromatic carbocycles. The molecule has 2 rings (SSSR count). The molecule has 0 saturated carbocycles. The number of allylic oxidation sites excluding steroid dienone is 1. The molecule has 0 amide bonds. The number of nitrogens with zero attached hydrogens (tertiary/aromatic N) is 2. The van der Waals surface area contributed by atoms with Crippen LogP contribution < -0.4 is 0 Å². The monoisotopic (exact) mass is 280 g/mol. The molecule has 0 spiro atoms. The van der Waals surface area contributed by atoms with Crippen molar-refractivity contribution in [1.29, 1.82) is 0 Å². The molecule has 18 heavy (non-hydrogen) atoms. The Hall–Kier alpha value is -0.930. The number of benzene rings is 1. The molecule has 0 unspecified atom stereocenters. The van der Waals surface area contributed by atoms with Gasteiger partial charge in [-0.15, -0.1) is 0 Å². The molecule has 1 heterocycles.